The Bertz CT molecular complexity index is 512. The van der Waals surface area contributed by atoms with Crippen LogP contribution in [-0.4, -0.2) is 38.9 Å². The van der Waals surface area contributed by atoms with Gasteiger partial charge in [0.25, 0.3) is 0 Å². The van der Waals surface area contributed by atoms with Crippen LogP contribution in [0.5, 0.6) is 0 Å². The fourth-order valence-corrected chi connectivity index (χ4v) is 3.46. The SMILES string of the molecule is CCCNCCc1ccc(S(=O)(=O)N(C)C(C)CC)cc1. The van der Waals surface area contributed by atoms with Gasteiger partial charge in [0.15, 0.2) is 0 Å². The average Bonchev–Trinajstić information content (AvgIpc) is 2.50. The van der Waals surface area contributed by atoms with Crippen LogP contribution in [-0.2, 0) is 16.4 Å². The highest BCUT2D eigenvalue weighted by Crippen LogP contribution is 2.18. The van der Waals surface area contributed by atoms with Crippen molar-refractivity contribution in [2.24, 2.45) is 0 Å². The van der Waals surface area contributed by atoms with Crippen molar-refractivity contribution in [1.29, 1.82) is 0 Å². The molecule has 5 heteroatoms. The summed E-state index contributed by atoms with van der Waals surface area (Å²) in [6.07, 6.45) is 2.84. The van der Waals surface area contributed by atoms with Crippen molar-refractivity contribution >= 4 is 10.0 Å². The van der Waals surface area contributed by atoms with Crippen molar-refractivity contribution in [3.63, 3.8) is 0 Å². The lowest BCUT2D eigenvalue weighted by Crippen LogP contribution is -2.34. The predicted octanol–water partition coefficient (Wildman–Crippen LogP) is 2.65. The van der Waals surface area contributed by atoms with Gasteiger partial charge in [-0.2, -0.15) is 4.31 Å². The minimum absolute atomic E-state index is 0.00733. The summed E-state index contributed by atoms with van der Waals surface area (Å²) in [7, 11) is -1.73. The molecule has 0 saturated carbocycles. The van der Waals surface area contributed by atoms with Crippen molar-refractivity contribution in [3.8, 4) is 0 Å². The van der Waals surface area contributed by atoms with Gasteiger partial charge in [-0.15, -0.1) is 0 Å². The summed E-state index contributed by atoms with van der Waals surface area (Å²) >= 11 is 0. The Morgan fingerprint density at radius 2 is 1.76 bits per heavy atom. The first-order valence-corrected chi connectivity index (χ1v) is 9.15. The summed E-state index contributed by atoms with van der Waals surface area (Å²) in [5, 5.41) is 3.34. The summed E-state index contributed by atoms with van der Waals surface area (Å²) in [5.74, 6) is 0. The molecule has 0 heterocycles. The fraction of sp³-hybridized carbons (Fsp3) is 0.625. The van der Waals surface area contributed by atoms with Gasteiger partial charge in [-0.05, 0) is 57.0 Å². The molecule has 0 aliphatic heterocycles. The third-order valence-electron chi connectivity index (χ3n) is 3.83. The molecular weight excluding hydrogens is 284 g/mol. The summed E-state index contributed by atoms with van der Waals surface area (Å²) in [5.41, 5.74) is 1.16. The first kappa shape index (κ1) is 18.1. The van der Waals surface area contributed by atoms with E-state index in [-0.39, 0.29) is 6.04 Å². The quantitative estimate of drug-likeness (QED) is 0.713. The zero-order valence-corrected chi connectivity index (χ0v) is 14.4. The van der Waals surface area contributed by atoms with Gasteiger partial charge < -0.3 is 5.32 Å². The minimum atomic E-state index is -3.38. The van der Waals surface area contributed by atoms with E-state index in [9.17, 15) is 8.42 Å². The van der Waals surface area contributed by atoms with Crippen molar-refractivity contribution < 1.29 is 8.42 Å². The first-order valence-electron chi connectivity index (χ1n) is 7.71. The Kier molecular flexibility index (Phi) is 7.35. The van der Waals surface area contributed by atoms with Crippen molar-refractivity contribution in [2.45, 2.75) is 51.0 Å². The highest BCUT2D eigenvalue weighted by atomic mass is 32.2. The average molecular weight is 312 g/mol. The molecule has 0 saturated heterocycles. The molecule has 1 unspecified atom stereocenters. The van der Waals surface area contributed by atoms with E-state index in [1.807, 2.05) is 26.0 Å². The maximum absolute atomic E-state index is 12.5. The topological polar surface area (TPSA) is 49.4 Å². The monoisotopic (exact) mass is 312 g/mol. The van der Waals surface area contributed by atoms with Crippen LogP contribution < -0.4 is 5.32 Å². The minimum Gasteiger partial charge on any atom is -0.316 e. The Balaban J connectivity index is 2.73. The third-order valence-corrected chi connectivity index (χ3v) is 5.82. The second-order valence-electron chi connectivity index (χ2n) is 5.42. The number of sulfonamides is 1. The highest BCUT2D eigenvalue weighted by Gasteiger charge is 2.24. The molecule has 1 atom stereocenters. The van der Waals surface area contributed by atoms with Crippen LogP contribution in [0.25, 0.3) is 0 Å². The summed E-state index contributed by atoms with van der Waals surface area (Å²) in [6, 6.07) is 7.25. The molecule has 0 aliphatic carbocycles. The molecule has 4 nitrogen and oxygen atoms in total. The fourth-order valence-electron chi connectivity index (χ4n) is 2.02. The lowest BCUT2D eigenvalue weighted by atomic mass is 10.1. The highest BCUT2D eigenvalue weighted by molar-refractivity contribution is 7.89. The normalized spacial score (nSPS) is 13.6. The number of nitrogens with zero attached hydrogens (tertiary/aromatic N) is 1. The second-order valence-corrected chi connectivity index (χ2v) is 7.42. The van der Waals surface area contributed by atoms with E-state index in [1.54, 1.807) is 19.2 Å². The van der Waals surface area contributed by atoms with E-state index in [0.717, 1.165) is 37.9 Å². The van der Waals surface area contributed by atoms with E-state index in [0.29, 0.717) is 4.90 Å². The van der Waals surface area contributed by atoms with Crippen LogP contribution in [0.4, 0.5) is 0 Å². The number of hydrogen-bond acceptors (Lipinski definition) is 3. The van der Waals surface area contributed by atoms with E-state index in [4.69, 9.17) is 0 Å². The Morgan fingerprint density at radius 3 is 2.29 bits per heavy atom. The molecule has 21 heavy (non-hydrogen) atoms. The lowest BCUT2D eigenvalue weighted by molar-refractivity contribution is 0.380. The third kappa shape index (κ3) is 5.09. The maximum atomic E-state index is 12.5. The van der Waals surface area contributed by atoms with Crippen LogP contribution in [0.3, 0.4) is 0 Å². The molecule has 1 aromatic rings. The molecule has 0 radical (unpaired) electrons. The molecule has 0 fully saturated rings. The number of rotatable bonds is 9. The van der Waals surface area contributed by atoms with Gasteiger partial charge in [0.05, 0.1) is 4.90 Å². The van der Waals surface area contributed by atoms with Crippen molar-refractivity contribution in [2.75, 3.05) is 20.1 Å². The predicted molar refractivity (Wildman–Crippen MR) is 88.0 cm³/mol. The molecule has 0 aliphatic rings. The van der Waals surface area contributed by atoms with Gasteiger partial charge in [0.2, 0.25) is 10.0 Å². The summed E-state index contributed by atoms with van der Waals surface area (Å²) < 4.78 is 26.4. The molecule has 120 valence electrons. The van der Waals surface area contributed by atoms with Gasteiger partial charge in [-0.25, -0.2) is 8.42 Å². The van der Waals surface area contributed by atoms with Gasteiger partial charge in [0.1, 0.15) is 0 Å². The van der Waals surface area contributed by atoms with Gasteiger partial charge in [-0.3, -0.25) is 0 Å². The van der Waals surface area contributed by atoms with Crippen molar-refractivity contribution in [1.82, 2.24) is 9.62 Å². The second kappa shape index (κ2) is 8.51. The van der Waals surface area contributed by atoms with E-state index >= 15 is 0 Å². The molecule has 0 spiro atoms. The van der Waals surface area contributed by atoms with E-state index in [2.05, 4.69) is 12.2 Å². The molecule has 1 aromatic carbocycles. The first-order chi connectivity index (χ1) is 9.93. The molecule has 0 aromatic heterocycles. The summed E-state index contributed by atoms with van der Waals surface area (Å²) in [4.78, 5) is 0.371. The van der Waals surface area contributed by atoms with Gasteiger partial charge in [-0.1, -0.05) is 26.0 Å². The number of benzene rings is 1. The molecule has 1 N–H and O–H groups in total. The Hall–Kier alpha value is -0.910. The maximum Gasteiger partial charge on any atom is 0.243 e. The Morgan fingerprint density at radius 1 is 1.14 bits per heavy atom. The van der Waals surface area contributed by atoms with Crippen LogP contribution in [0.1, 0.15) is 39.2 Å². The standard InChI is InChI=1S/C16H28N2O2S/c1-5-12-17-13-11-15-7-9-16(10-8-15)21(19,20)18(4)14(3)6-2/h7-10,14,17H,5-6,11-13H2,1-4H3. The largest absolute Gasteiger partial charge is 0.316 e. The van der Waals surface area contributed by atoms with Crippen LogP contribution >= 0.6 is 0 Å². The van der Waals surface area contributed by atoms with Crippen LogP contribution in [0.2, 0.25) is 0 Å². The zero-order valence-electron chi connectivity index (χ0n) is 13.6. The van der Waals surface area contributed by atoms with Gasteiger partial charge in [0, 0.05) is 13.1 Å². The van der Waals surface area contributed by atoms with Crippen molar-refractivity contribution in [3.05, 3.63) is 29.8 Å². The number of hydrogen-bond donors (Lipinski definition) is 1. The molecule has 1 rings (SSSR count). The summed E-state index contributed by atoms with van der Waals surface area (Å²) in [6.45, 7) is 7.99. The van der Waals surface area contributed by atoms with E-state index in [1.165, 1.54) is 4.31 Å². The smallest absolute Gasteiger partial charge is 0.243 e. The Labute approximate surface area is 129 Å². The molecular formula is C16H28N2O2S. The van der Waals surface area contributed by atoms with E-state index < -0.39 is 10.0 Å². The van der Waals surface area contributed by atoms with Crippen LogP contribution in [0.15, 0.2) is 29.2 Å². The molecule has 0 amide bonds. The van der Waals surface area contributed by atoms with Crippen LogP contribution in [0, 0.1) is 0 Å². The number of nitrogens with one attached hydrogen (secondary N) is 1. The van der Waals surface area contributed by atoms with Gasteiger partial charge >= 0.3 is 0 Å². The lowest BCUT2D eigenvalue weighted by Gasteiger charge is -2.23. The zero-order chi connectivity index (χ0) is 15.9. The molecule has 0 bridgehead atoms.